The molecule has 3 rings (SSSR count). The lowest BCUT2D eigenvalue weighted by molar-refractivity contribution is 0.911. The molecule has 1 aliphatic rings. The number of benzene rings is 2. The van der Waals surface area contributed by atoms with Crippen LogP contribution in [0.3, 0.4) is 0 Å². The predicted molar refractivity (Wildman–Crippen MR) is 89.5 cm³/mol. The SMILES string of the molecule is NCCc1ccc(Sc2ccc3c(c2)CCC3)c(Br)c1. The van der Waals surface area contributed by atoms with Crippen molar-refractivity contribution in [2.24, 2.45) is 5.73 Å². The van der Waals surface area contributed by atoms with E-state index in [4.69, 9.17) is 5.73 Å². The summed E-state index contributed by atoms with van der Waals surface area (Å²) >= 11 is 5.50. The number of fused-ring (bicyclic) bond motifs is 1. The van der Waals surface area contributed by atoms with Crippen LogP contribution in [0.1, 0.15) is 23.1 Å². The average Bonchev–Trinajstić information content (AvgIpc) is 2.90. The molecule has 2 N–H and O–H groups in total. The number of aryl methyl sites for hydroxylation is 2. The first-order valence-electron chi connectivity index (χ1n) is 7.04. The van der Waals surface area contributed by atoms with Gasteiger partial charge in [0.25, 0.3) is 0 Å². The van der Waals surface area contributed by atoms with Crippen molar-refractivity contribution in [1.82, 2.24) is 0 Å². The van der Waals surface area contributed by atoms with Crippen LogP contribution in [-0.2, 0) is 19.3 Å². The Morgan fingerprint density at radius 3 is 2.70 bits per heavy atom. The molecule has 0 aromatic heterocycles. The highest BCUT2D eigenvalue weighted by Gasteiger charge is 2.12. The smallest absolute Gasteiger partial charge is 0.0317 e. The number of hydrogen-bond acceptors (Lipinski definition) is 2. The lowest BCUT2D eigenvalue weighted by Gasteiger charge is -2.08. The number of hydrogen-bond donors (Lipinski definition) is 1. The molecule has 1 nitrogen and oxygen atoms in total. The van der Waals surface area contributed by atoms with E-state index in [1.54, 1.807) is 0 Å². The summed E-state index contributed by atoms with van der Waals surface area (Å²) in [7, 11) is 0. The zero-order valence-corrected chi connectivity index (χ0v) is 13.8. The summed E-state index contributed by atoms with van der Waals surface area (Å²) in [6, 6.07) is 13.4. The first kappa shape index (κ1) is 14.2. The Kier molecular flexibility index (Phi) is 4.49. The fraction of sp³-hybridized carbons (Fsp3) is 0.294. The minimum Gasteiger partial charge on any atom is -0.330 e. The van der Waals surface area contributed by atoms with Crippen molar-refractivity contribution in [2.75, 3.05) is 6.54 Å². The molecule has 0 atom stereocenters. The fourth-order valence-electron chi connectivity index (χ4n) is 2.69. The van der Waals surface area contributed by atoms with E-state index in [1.807, 2.05) is 11.8 Å². The third-order valence-electron chi connectivity index (χ3n) is 3.73. The molecule has 0 spiro atoms. The highest BCUT2D eigenvalue weighted by molar-refractivity contribution is 9.10. The lowest BCUT2D eigenvalue weighted by Crippen LogP contribution is -2.02. The molecule has 0 heterocycles. The van der Waals surface area contributed by atoms with Gasteiger partial charge in [0.2, 0.25) is 0 Å². The van der Waals surface area contributed by atoms with Crippen molar-refractivity contribution in [1.29, 1.82) is 0 Å². The van der Waals surface area contributed by atoms with E-state index in [1.165, 1.54) is 45.7 Å². The second-order valence-electron chi connectivity index (χ2n) is 5.19. The predicted octanol–water partition coefficient (Wildman–Crippen LogP) is 4.59. The Morgan fingerprint density at radius 2 is 1.90 bits per heavy atom. The molecule has 2 aromatic rings. The first-order valence-corrected chi connectivity index (χ1v) is 8.65. The zero-order chi connectivity index (χ0) is 13.9. The Labute approximate surface area is 133 Å². The summed E-state index contributed by atoms with van der Waals surface area (Å²) in [5.74, 6) is 0. The molecular weight excluding hydrogens is 330 g/mol. The van der Waals surface area contributed by atoms with Crippen LogP contribution in [0.2, 0.25) is 0 Å². The maximum Gasteiger partial charge on any atom is 0.0317 e. The zero-order valence-electron chi connectivity index (χ0n) is 11.4. The van der Waals surface area contributed by atoms with Gasteiger partial charge in [0.05, 0.1) is 0 Å². The Balaban J connectivity index is 1.80. The number of rotatable bonds is 4. The minimum atomic E-state index is 0.698. The highest BCUT2D eigenvalue weighted by Crippen LogP contribution is 2.36. The molecule has 0 bridgehead atoms. The lowest BCUT2D eigenvalue weighted by atomic mass is 10.1. The molecule has 0 radical (unpaired) electrons. The third kappa shape index (κ3) is 3.11. The Bertz CT molecular complexity index is 624. The van der Waals surface area contributed by atoms with Gasteiger partial charge in [-0.2, -0.15) is 0 Å². The van der Waals surface area contributed by atoms with Crippen molar-refractivity contribution < 1.29 is 0 Å². The minimum absolute atomic E-state index is 0.698. The van der Waals surface area contributed by atoms with E-state index < -0.39 is 0 Å². The topological polar surface area (TPSA) is 26.0 Å². The molecule has 20 heavy (non-hydrogen) atoms. The van der Waals surface area contributed by atoms with Crippen LogP contribution in [0.4, 0.5) is 0 Å². The van der Waals surface area contributed by atoms with E-state index >= 15 is 0 Å². The van der Waals surface area contributed by atoms with Crippen molar-refractivity contribution in [3.05, 3.63) is 57.6 Å². The van der Waals surface area contributed by atoms with Gasteiger partial charge in [-0.15, -0.1) is 0 Å². The molecule has 2 aromatic carbocycles. The van der Waals surface area contributed by atoms with E-state index in [2.05, 4.69) is 52.3 Å². The summed E-state index contributed by atoms with van der Waals surface area (Å²) in [4.78, 5) is 2.60. The highest BCUT2D eigenvalue weighted by atomic mass is 79.9. The van der Waals surface area contributed by atoms with Crippen LogP contribution >= 0.6 is 27.7 Å². The molecule has 0 amide bonds. The van der Waals surface area contributed by atoms with Crippen molar-refractivity contribution in [2.45, 2.75) is 35.5 Å². The molecule has 0 unspecified atom stereocenters. The van der Waals surface area contributed by atoms with Crippen LogP contribution in [-0.4, -0.2) is 6.54 Å². The first-order chi connectivity index (χ1) is 9.76. The normalized spacial score (nSPS) is 13.5. The van der Waals surface area contributed by atoms with Crippen molar-refractivity contribution >= 4 is 27.7 Å². The van der Waals surface area contributed by atoms with Crippen LogP contribution < -0.4 is 5.73 Å². The van der Waals surface area contributed by atoms with Gasteiger partial charge in [-0.1, -0.05) is 23.9 Å². The van der Waals surface area contributed by atoms with Crippen LogP contribution in [0, 0.1) is 0 Å². The Hall–Kier alpha value is -0.770. The van der Waals surface area contributed by atoms with Crippen molar-refractivity contribution in [3.63, 3.8) is 0 Å². The van der Waals surface area contributed by atoms with Gasteiger partial charge < -0.3 is 5.73 Å². The molecule has 0 fully saturated rings. The molecule has 104 valence electrons. The molecular formula is C17H18BrNS. The summed E-state index contributed by atoms with van der Waals surface area (Å²) in [6.07, 6.45) is 4.72. The van der Waals surface area contributed by atoms with Crippen LogP contribution in [0.15, 0.2) is 50.7 Å². The monoisotopic (exact) mass is 347 g/mol. The molecule has 0 saturated carbocycles. The second-order valence-corrected chi connectivity index (χ2v) is 7.16. The molecule has 0 aliphatic heterocycles. The van der Waals surface area contributed by atoms with E-state index in [0.717, 1.165) is 10.9 Å². The number of nitrogens with two attached hydrogens (primary N) is 1. The van der Waals surface area contributed by atoms with Gasteiger partial charge in [-0.25, -0.2) is 0 Å². The standard InChI is InChI=1S/C17H18BrNS/c18-16-10-12(8-9-19)4-7-17(16)20-15-6-5-13-2-1-3-14(13)11-15/h4-7,10-11H,1-3,8-9,19H2. The maximum absolute atomic E-state index is 5.60. The average molecular weight is 348 g/mol. The molecule has 0 saturated heterocycles. The van der Waals surface area contributed by atoms with E-state index in [9.17, 15) is 0 Å². The van der Waals surface area contributed by atoms with E-state index in [0.29, 0.717) is 6.54 Å². The third-order valence-corrected chi connectivity index (χ3v) is 5.71. The summed E-state index contributed by atoms with van der Waals surface area (Å²) in [5, 5.41) is 0. The maximum atomic E-state index is 5.60. The van der Waals surface area contributed by atoms with Crippen LogP contribution in [0.25, 0.3) is 0 Å². The molecule has 1 aliphatic carbocycles. The van der Waals surface area contributed by atoms with Gasteiger partial charge in [0.15, 0.2) is 0 Å². The van der Waals surface area contributed by atoms with Gasteiger partial charge in [0, 0.05) is 14.3 Å². The summed E-state index contributed by atoms with van der Waals surface area (Å²) in [6.45, 7) is 0.698. The van der Waals surface area contributed by atoms with Gasteiger partial charge >= 0.3 is 0 Å². The second kappa shape index (κ2) is 6.33. The quantitative estimate of drug-likeness (QED) is 0.875. The van der Waals surface area contributed by atoms with Gasteiger partial charge in [0.1, 0.15) is 0 Å². The fourth-order valence-corrected chi connectivity index (χ4v) is 4.24. The van der Waals surface area contributed by atoms with Crippen LogP contribution in [0.5, 0.6) is 0 Å². The molecule has 3 heteroatoms. The van der Waals surface area contributed by atoms with Gasteiger partial charge in [-0.05, 0) is 89.1 Å². The largest absolute Gasteiger partial charge is 0.330 e. The Morgan fingerprint density at radius 1 is 1.05 bits per heavy atom. The number of halogens is 1. The summed E-state index contributed by atoms with van der Waals surface area (Å²) < 4.78 is 1.16. The van der Waals surface area contributed by atoms with E-state index in [-0.39, 0.29) is 0 Å². The summed E-state index contributed by atoms with van der Waals surface area (Å²) in [5.41, 5.74) is 9.96. The van der Waals surface area contributed by atoms with Gasteiger partial charge in [-0.3, -0.25) is 0 Å². The van der Waals surface area contributed by atoms with Crippen molar-refractivity contribution in [3.8, 4) is 0 Å².